The molecule has 0 saturated heterocycles. The quantitative estimate of drug-likeness (QED) is 0.221. The fourth-order valence-corrected chi connectivity index (χ4v) is 2.59. The number of halogens is 1. The number of nitrogens with one attached hydrogen (secondary N) is 2. The van der Waals surface area contributed by atoms with Gasteiger partial charge >= 0.3 is 0 Å². The van der Waals surface area contributed by atoms with Crippen molar-refractivity contribution in [2.24, 2.45) is 4.99 Å². The van der Waals surface area contributed by atoms with Crippen LogP contribution in [0.4, 0.5) is 0 Å². The van der Waals surface area contributed by atoms with Crippen LogP contribution in [0.1, 0.15) is 30.6 Å². The van der Waals surface area contributed by atoms with Gasteiger partial charge in [-0.2, -0.15) is 0 Å². The highest BCUT2D eigenvalue weighted by atomic mass is 127. The monoisotopic (exact) mass is 483 g/mol. The molecule has 0 fully saturated rings. The summed E-state index contributed by atoms with van der Waals surface area (Å²) in [6.45, 7) is 3.95. The molecule has 0 aliphatic heterocycles. The summed E-state index contributed by atoms with van der Waals surface area (Å²) in [6, 6.07) is 17.9. The minimum absolute atomic E-state index is 0. The molecule has 0 aromatic heterocycles. The largest absolute Gasteiger partial charge is 0.497 e. The predicted octanol–water partition coefficient (Wildman–Crippen LogP) is 3.53. The van der Waals surface area contributed by atoms with Crippen LogP contribution in [-0.2, 0) is 6.42 Å². The SMILES string of the molecule is CCNC(=NCC(O)c1ccc(OC)cc1)NCCCc1ccccc1.I. The zero-order valence-corrected chi connectivity index (χ0v) is 18.4. The fraction of sp³-hybridized carbons (Fsp3) is 0.381. The maximum absolute atomic E-state index is 10.3. The van der Waals surface area contributed by atoms with E-state index in [1.54, 1.807) is 7.11 Å². The molecule has 1 atom stereocenters. The lowest BCUT2D eigenvalue weighted by Gasteiger charge is -2.13. The van der Waals surface area contributed by atoms with E-state index in [9.17, 15) is 5.11 Å². The van der Waals surface area contributed by atoms with Crippen LogP contribution in [-0.4, -0.2) is 37.8 Å². The normalized spacial score (nSPS) is 12.0. The third-order valence-electron chi connectivity index (χ3n) is 4.04. The fourth-order valence-electron chi connectivity index (χ4n) is 2.59. The molecule has 0 saturated carbocycles. The molecular weight excluding hydrogens is 453 g/mol. The molecule has 3 N–H and O–H groups in total. The van der Waals surface area contributed by atoms with Crippen molar-refractivity contribution in [1.29, 1.82) is 0 Å². The molecule has 0 aliphatic carbocycles. The van der Waals surface area contributed by atoms with Crippen molar-refractivity contribution in [2.75, 3.05) is 26.7 Å². The number of aryl methyl sites for hydroxylation is 1. The van der Waals surface area contributed by atoms with Crippen LogP contribution in [0, 0.1) is 0 Å². The number of nitrogens with zero attached hydrogens (tertiary/aromatic N) is 1. The Labute approximate surface area is 179 Å². The summed E-state index contributed by atoms with van der Waals surface area (Å²) in [4.78, 5) is 4.49. The number of rotatable bonds is 9. The first-order valence-corrected chi connectivity index (χ1v) is 9.11. The molecule has 0 radical (unpaired) electrons. The third-order valence-corrected chi connectivity index (χ3v) is 4.04. The van der Waals surface area contributed by atoms with Crippen molar-refractivity contribution in [3.8, 4) is 5.75 Å². The van der Waals surface area contributed by atoms with E-state index < -0.39 is 6.10 Å². The molecule has 0 heterocycles. The maximum Gasteiger partial charge on any atom is 0.191 e. The Bertz CT molecular complexity index is 663. The van der Waals surface area contributed by atoms with Gasteiger partial charge in [0.2, 0.25) is 0 Å². The second-order valence-corrected chi connectivity index (χ2v) is 6.02. The molecule has 0 spiro atoms. The highest BCUT2D eigenvalue weighted by molar-refractivity contribution is 14.0. The standard InChI is InChI=1S/C21H29N3O2.HI/c1-3-22-21(23-15-7-10-17-8-5-4-6-9-17)24-16-20(25)18-11-13-19(26-2)14-12-18;/h4-6,8-9,11-14,20,25H,3,7,10,15-16H2,1-2H3,(H2,22,23,24);1H. The average Bonchev–Trinajstić information content (AvgIpc) is 2.70. The molecule has 2 aromatic rings. The van der Waals surface area contributed by atoms with Gasteiger partial charge < -0.3 is 20.5 Å². The van der Waals surface area contributed by atoms with Crippen LogP contribution in [0.3, 0.4) is 0 Å². The lowest BCUT2D eigenvalue weighted by Crippen LogP contribution is -2.38. The minimum atomic E-state index is -0.638. The van der Waals surface area contributed by atoms with Crippen molar-refractivity contribution in [3.05, 3.63) is 65.7 Å². The third kappa shape index (κ3) is 8.62. The second-order valence-electron chi connectivity index (χ2n) is 6.02. The molecule has 2 rings (SSSR count). The first kappa shape index (κ1) is 23.2. The van der Waals surface area contributed by atoms with Gasteiger partial charge in [-0.25, -0.2) is 0 Å². The van der Waals surface area contributed by atoms with Crippen LogP contribution in [0.2, 0.25) is 0 Å². The Balaban J connectivity index is 0.00000364. The van der Waals surface area contributed by atoms with Gasteiger partial charge in [0.1, 0.15) is 5.75 Å². The van der Waals surface area contributed by atoms with E-state index in [-0.39, 0.29) is 24.0 Å². The van der Waals surface area contributed by atoms with Gasteiger partial charge in [-0.3, -0.25) is 4.99 Å². The topological polar surface area (TPSA) is 65.9 Å². The first-order chi connectivity index (χ1) is 12.7. The number of benzene rings is 2. The molecular formula is C21H30IN3O2. The van der Waals surface area contributed by atoms with E-state index in [0.717, 1.165) is 43.2 Å². The molecule has 2 aromatic carbocycles. The number of guanidine groups is 1. The van der Waals surface area contributed by atoms with Gasteiger partial charge in [0.15, 0.2) is 5.96 Å². The zero-order valence-electron chi connectivity index (χ0n) is 16.0. The minimum Gasteiger partial charge on any atom is -0.497 e. The van der Waals surface area contributed by atoms with Crippen LogP contribution in [0.25, 0.3) is 0 Å². The first-order valence-electron chi connectivity index (χ1n) is 9.11. The summed E-state index contributed by atoms with van der Waals surface area (Å²) in [5.41, 5.74) is 2.17. The number of hydrogen-bond donors (Lipinski definition) is 3. The summed E-state index contributed by atoms with van der Waals surface area (Å²) >= 11 is 0. The number of aliphatic hydroxyl groups excluding tert-OH is 1. The summed E-state index contributed by atoms with van der Waals surface area (Å²) in [6.07, 6.45) is 1.41. The van der Waals surface area contributed by atoms with E-state index in [2.05, 4.69) is 39.9 Å². The van der Waals surface area contributed by atoms with E-state index in [1.165, 1.54) is 5.56 Å². The molecule has 5 nitrogen and oxygen atoms in total. The Morgan fingerprint density at radius 1 is 1.07 bits per heavy atom. The second kappa shape index (κ2) is 13.4. The summed E-state index contributed by atoms with van der Waals surface area (Å²) < 4.78 is 5.14. The highest BCUT2D eigenvalue weighted by Gasteiger charge is 2.07. The van der Waals surface area contributed by atoms with E-state index >= 15 is 0 Å². The van der Waals surface area contributed by atoms with Crippen molar-refractivity contribution >= 4 is 29.9 Å². The van der Waals surface area contributed by atoms with E-state index in [4.69, 9.17) is 4.74 Å². The lowest BCUT2D eigenvalue weighted by atomic mass is 10.1. The molecule has 0 bridgehead atoms. The van der Waals surface area contributed by atoms with E-state index in [0.29, 0.717) is 6.54 Å². The summed E-state index contributed by atoms with van der Waals surface area (Å²) in [7, 11) is 1.63. The highest BCUT2D eigenvalue weighted by Crippen LogP contribution is 2.17. The van der Waals surface area contributed by atoms with Crippen molar-refractivity contribution < 1.29 is 9.84 Å². The van der Waals surface area contributed by atoms with Gasteiger partial charge in [-0.05, 0) is 43.0 Å². The zero-order chi connectivity index (χ0) is 18.6. The Hall–Kier alpha value is -1.80. The Kier molecular flexibility index (Phi) is 11.5. The molecule has 1 unspecified atom stereocenters. The van der Waals surface area contributed by atoms with Crippen molar-refractivity contribution in [2.45, 2.75) is 25.9 Å². The van der Waals surface area contributed by atoms with Gasteiger partial charge in [-0.1, -0.05) is 42.5 Å². The van der Waals surface area contributed by atoms with Crippen LogP contribution in [0.15, 0.2) is 59.6 Å². The van der Waals surface area contributed by atoms with Crippen LogP contribution < -0.4 is 15.4 Å². The summed E-state index contributed by atoms with van der Waals surface area (Å²) in [5, 5.41) is 16.9. The Morgan fingerprint density at radius 3 is 2.41 bits per heavy atom. The predicted molar refractivity (Wildman–Crippen MR) is 122 cm³/mol. The smallest absolute Gasteiger partial charge is 0.191 e. The number of aliphatic imine (C=N–C) groups is 1. The number of hydrogen-bond acceptors (Lipinski definition) is 3. The number of aliphatic hydroxyl groups is 1. The van der Waals surface area contributed by atoms with Crippen LogP contribution in [0.5, 0.6) is 5.75 Å². The number of ether oxygens (including phenoxy) is 1. The van der Waals surface area contributed by atoms with Crippen molar-refractivity contribution in [1.82, 2.24) is 10.6 Å². The average molecular weight is 483 g/mol. The van der Waals surface area contributed by atoms with Crippen LogP contribution >= 0.6 is 24.0 Å². The van der Waals surface area contributed by atoms with E-state index in [1.807, 2.05) is 37.3 Å². The summed E-state index contributed by atoms with van der Waals surface area (Å²) in [5.74, 6) is 1.51. The van der Waals surface area contributed by atoms with Gasteiger partial charge in [0, 0.05) is 13.1 Å². The number of methoxy groups -OCH3 is 1. The molecule has 6 heteroatoms. The van der Waals surface area contributed by atoms with Gasteiger partial charge in [0.05, 0.1) is 19.8 Å². The molecule has 148 valence electrons. The lowest BCUT2D eigenvalue weighted by molar-refractivity contribution is 0.187. The maximum atomic E-state index is 10.3. The molecule has 0 amide bonds. The molecule has 27 heavy (non-hydrogen) atoms. The van der Waals surface area contributed by atoms with Crippen molar-refractivity contribution in [3.63, 3.8) is 0 Å². The Morgan fingerprint density at radius 2 is 1.78 bits per heavy atom. The van der Waals surface area contributed by atoms with Gasteiger partial charge in [-0.15, -0.1) is 24.0 Å². The molecule has 0 aliphatic rings. The van der Waals surface area contributed by atoms with Gasteiger partial charge in [0.25, 0.3) is 0 Å².